The molecule has 0 aliphatic carbocycles. The normalized spacial score (nSPS) is 10.5. The molecule has 0 unspecified atom stereocenters. The summed E-state index contributed by atoms with van der Waals surface area (Å²) in [5, 5.41) is 5.58. The maximum Gasteiger partial charge on any atom is 0.315 e. The van der Waals surface area contributed by atoms with Crippen molar-refractivity contribution in [3.63, 3.8) is 0 Å². The Hall–Kier alpha value is -2.73. The molecule has 2 amide bonds. The zero-order valence-electron chi connectivity index (χ0n) is 12.7. The number of fused-ring (bicyclic) bond motifs is 1. The van der Waals surface area contributed by atoms with Gasteiger partial charge in [-0.25, -0.2) is 4.98 Å². The molecule has 1 aromatic heterocycles. The van der Waals surface area contributed by atoms with Crippen LogP contribution in [0.3, 0.4) is 0 Å². The van der Waals surface area contributed by atoms with E-state index in [-0.39, 0.29) is 0 Å². The number of rotatable bonds is 2. The summed E-state index contributed by atoms with van der Waals surface area (Å²) in [6, 6.07) is 13.1. The molecule has 5 nitrogen and oxygen atoms in total. The molecule has 0 spiro atoms. The van der Waals surface area contributed by atoms with Crippen LogP contribution in [0.25, 0.3) is 10.2 Å². The van der Waals surface area contributed by atoms with Crippen molar-refractivity contribution in [1.82, 2.24) is 4.98 Å². The number of nitrogens with one attached hydrogen (secondary N) is 2. The predicted molar refractivity (Wildman–Crippen MR) is 92.8 cm³/mol. The van der Waals surface area contributed by atoms with E-state index in [9.17, 15) is 9.59 Å². The summed E-state index contributed by atoms with van der Waals surface area (Å²) < 4.78 is 0.956. The lowest BCUT2D eigenvalue weighted by atomic mass is 10.1. The molecule has 0 fully saturated rings. The molecule has 2 N–H and O–H groups in total. The van der Waals surface area contributed by atoms with Crippen molar-refractivity contribution in [3.8, 4) is 0 Å². The van der Waals surface area contributed by atoms with Gasteiger partial charge in [0.05, 0.1) is 10.2 Å². The monoisotopic (exact) mass is 325 g/mol. The van der Waals surface area contributed by atoms with Crippen LogP contribution in [0.4, 0.5) is 10.8 Å². The smallest absolute Gasteiger partial charge is 0.315 e. The fourth-order valence-corrected chi connectivity index (χ4v) is 3.01. The first-order valence-electron chi connectivity index (χ1n) is 7.09. The minimum atomic E-state index is -0.732. The van der Waals surface area contributed by atoms with Crippen LogP contribution >= 0.6 is 11.3 Å². The number of aromatic nitrogens is 1. The summed E-state index contributed by atoms with van der Waals surface area (Å²) >= 11 is 1.33. The maximum absolute atomic E-state index is 12.0. The van der Waals surface area contributed by atoms with Crippen molar-refractivity contribution in [2.24, 2.45) is 0 Å². The van der Waals surface area contributed by atoms with E-state index in [2.05, 4.69) is 15.6 Å². The van der Waals surface area contributed by atoms with E-state index in [1.54, 1.807) is 6.07 Å². The van der Waals surface area contributed by atoms with Gasteiger partial charge in [-0.15, -0.1) is 0 Å². The first-order chi connectivity index (χ1) is 11.0. The van der Waals surface area contributed by atoms with E-state index < -0.39 is 11.8 Å². The number of carbonyl (C=O) groups is 2. The summed E-state index contributed by atoms with van der Waals surface area (Å²) in [5.41, 5.74) is 3.42. The van der Waals surface area contributed by atoms with Crippen molar-refractivity contribution < 1.29 is 9.59 Å². The maximum atomic E-state index is 12.0. The van der Waals surface area contributed by atoms with Gasteiger partial charge in [0.2, 0.25) is 0 Å². The highest BCUT2D eigenvalue weighted by Crippen LogP contribution is 2.25. The molecule has 23 heavy (non-hydrogen) atoms. The summed E-state index contributed by atoms with van der Waals surface area (Å²) in [6.45, 7) is 3.85. The summed E-state index contributed by atoms with van der Waals surface area (Å²) in [7, 11) is 0. The number of para-hydroxylation sites is 1. The van der Waals surface area contributed by atoms with Crippen LogP contribution in [-0.4, -0.2) is 16.8 Å². The van der Waals surface area contributed by atoms with E-state index in [4.69, 9.17) is 0 Å². The summed E-state index contributed by atoms with van der Waals surface area (Å²) in [6.07, 6.45) is 0. The minimum Gasteiger partial charge on any atom is -0.318 e. The Kier molecular flexibility index (Phi) is 4.08. The molecule has 0 bridgehead atoms. The third kappa shape index (κ3) is 3.22. The van der Waals surface area contributed by atoms with Gasteiger partial charge in [-0.2, -0.15) is 0 Å². The quantitative estimate of drug-likeness (QED) is 0.709. The summed E-state index contributed by atoms with van der Waals surface area (Å²) in [4.78, 5) is 28.4. The largest absolute Gasteiger partial charge is 0.318 e. The molecule has 6 heteroatoms. The van der Waals surface area contributed by atoms with Crippen molar-refractivity contribution in [3.05, 3.63) is 53.6 Å². The standard InChI is InChI=1S/C17H15N3O2S/c1-10-6-5-8-12(11(10)2)18-15(21)16(22)20-17-19-13-7-3-4-9-14(13)23-17/h3-9H,1-2H3,(H,18,21)(H,19,20,22). The molecule has 0 aliphatic heterocycles. The Morgan fingerprint density at radius 1 is 0.957 bits per heavy atom. The SMILES string of the molecule is Cc1cccc(NC(=O)C(=O)Nc2nc3ccccc3s2)c1C. The fraction of sp³-hybridized carbons (Fsp3) is 0.118. The van der Waals surface area contributed by atoms with Gasteiger partial charge in [0.15, 0.2) is 5.13 Å². The zero-order valence-corrected chi connectivity index (χ0v) is 13.5. The van der Waals surface area contributed by atoms with Gasteiger partial charge >= 0.3 is 11.8 Å². The number of anilines is 2. The van der Waals surface area contributed by atoms with Gasteiger partial charge in [0.25, 0.3) is 0 Å². The molecule has 0 saturated heterocycles. The van der Waals surface area contributed by atoms with E-state index in [0.29, 0.717) is 10.8 Å². The Balaban J connectivity index is 1.72. The Morgan fingerprint density at radius 3 is 2.48 bits per heavy atom. The molecule has 0 radical (unpaired) electrons. The zero-order chi connectivity index (χ0) is 16.4. The number of nitrogens with zero attached hydrogens (tertiary/aromatic N) is 1. The number of hydrogen-bond acceptors (Lipinski definition) is 4. The van der Waals surface area contributed by atoms with Gasteiger partial charge in [-0.3, -0.25) is 14.9 Å². The van der Waals surface area contributed by atoms with Gasteiger partial charge < -0.3 is 5.32 Å². The lowest BCUT2D eigenvalue weighted by Gasteiger charge is -2.09. The molecule has 3 rings (SSSR count). The van der Waals surface area contributed by atoms with E-state index in [0.717, 1.165) is 21.3 Å². The highest BCUT2D eigenvalue weighted by molar-refractivity contribution is 7.22. The molecule has 2 aromatic carbocycles. The summed E-state index contributed by atoms with van der Waals surface area (Å²) in [5.74, 6) is -1.44. The van der Waals surface area contributed by atoms with Crippen molar-refractivity contribution in [1.29, 1.82) is 0 Å². The van der Waals surface area contributed by atoms with Crippen LogP contribution in [0.1, 0.15) is 11.1 Å². The first kappa shape index (κ1) is 15.2. The first-order valence-corrected chi connectivity index (χ1v) is 7.90. The van der Waals surface area contributed by atoms with Crippen molar-refractivity contribution in [2.45, 2.75) is 13.8 Å². The predicted octanol–water partition coefficient (Wildman–Crippen LogP) is 3.49. The lowest BCUT2D eigenvalue weighted by Crippen LogP contribution is -2.29. The molecule has 116 valence electrons. The van der Waals surface area contributed by atoms with Crippen molar-refractivity contribution >= 4 is 44.2 Å². The van der Waals surface area contributed by atoms with Crippen LogP contribution in [0.15, 0.2) is 42.5 Å². The van der Waals surface area contributed by atoms with Crippen molar-refractivity contribution in [2.75, 3.05) is 10.6 Å². The Bertz CT molecular complexity index is 869. The second-order valence-corrected chi connectivity index (χ2v) is 6.17. The topological polar surface area (TPSA) is 71.1 Å². The van der Waals surface area contributed by atoms with E-state index in [1.165, 1.54) is 11.3 Å². The highest BCUT2D eigenvalue weighted by atomic mass is 32.1. The second-order valence-electron chi connectivity index (χ2n) is 5.14. The third-order valence-corrected chi connectivity index (χ3v) is 4.53. The molecule has 1 heterocycles. The van der Waals surface area contributed by atoms with Crippen LogP contribution < -0.4 is 10.6 Å². The number of aryl methyl sites for hydroxylation is 1. The Morgan fingerprint density at radius 2 is 1.70 bits per heavy atom. The van der Waals surface area contributed by atoms with Crippen LogP contribution in [0.5, 0.6) is 0 Å². The average molecular weight is 325 g/mol. The second kappa shape index (κ2) is 6.18. The highest BCUT2D eigenvalue weighted by Gasteiger charge is 2.17. The van der Waals surface area contributed by atoms with Gasteiger partial charge in [-0.1, -0.05) is 35.6 Å². The minimum absolute atomic E-state index is 0.410. The van der Waals surface area contributed by atoms with E-state index in [1.807, 2.05) is 50.2 Å². The average Bonchev–Trinajstić information content (AvgIpc) is 2.93. The van der Waals surface area contributed by atoms with Gasteiger partial charge in [0.1, 0.15) is 0 Å². The van der Waals surface area contributed by atoms with Gasteiger partial charge in [0, 0.05) is 5.69 Å². The van der Waals surface area contributed by atoms with Gasteiger partial charge in [-0.05, 0) is 43.2 Å². The third-order valence-electron chi connectivity index (χ3n) is 3.57. The lowest BCUT2D eigenvalue weighted by molar-refractivity contribution is -0.133. The molecule has 3 aromatic rings. The Labute approximate surface area is 137 Å². The van der Waals surface area contributed by atoms with Crippen LogP contribution in [0, 0.1) is 13.8 Å². The molecule has 0 saturated carbocycles. The number of amides is 2. The molecule has 0 atom stereocenters. The fourth-order valence-electron chi connectivity index (χ4n) is 2.15. The molecular weight excluding hydrogens is 310 g/mol. The number of benzene rings is 2. The van der Waals surface area contributed by atoms with E-state index >= 15 is 0 Å². The van der Waals surface area contributed by atoms with Crippen LogP contribution in [0.2, 0.25) is 0 Å². The number of thiazole rings is 1. The molecule has 0 aliphatic rings. The number of hydrogen-bond donors (Lipinski definition) is 2. The number of carbonyl (C=O) groups excluding carboxylic acids is 2. The van der Waals surface area contributed by atoms with Crippen LogP contribution in [-0.2, 0) is 9.59 Å². The molecular formula is C17H15N3O2S.